The monoisotopic (exact) mass is 458 g/mol. The molecule has 1 amide bonds. The molecule has 4 rings (SSSR count). The van der Waals surface area contributed by atoms with Crippen molar-refractivity contribution in [3.8, 4) is 5.69 Å². The molecular formula is C20H13F7N4O. The highest BCUT2D eigenvalue weighted by Crippen LogP contribution is 2.35. The predicted octanol–water partition coefficient (Wildman–Crippen LogP) is 4.32. The maximum absolute atomic E-state index is 13.7. The minimum absolute atomic E-state index is 0.0140. The Morgan fingerprint density at radius 3 is 2.47 bits per heavy atom. The molecule has 0 fully saturated rings. The second-order valence-electron chi connectivity index (χ2n) is 7.11. The van der Waals surface area contributed by atoms with Gasteiger partial charge < -0.3 is 5.32 Å². The number of carbonyl (C=O) groups excluding carboxylic acids is 1. The van der Waals surface area contributed by atoms with E-state index in [9.17, 15) is 35.5 Å². The van der Waals surface area contributed by atoms with Crippen LogP contribution >= 0.6 is 0 Å². The van der Waals surface area contributed by atoms with Gasteiger partial charge >= 0.3 is 12.4 Å². The molecular weight excluding hydrogens is 445 g/mol. The van der Waals surface area contributed by atoms with Crippen molar-refractivity contribution >= 4 is 5.91 Å². The fourth-order valence-electron chi connectivity index (χ4n) is 3.54. The van der Waals surface area contributed by atoms with Gasteiger partial charge in [0.25, 0.3) is 5.91 Å². The van der Waals surface area contributed by atoms with E-state index in [4.69, 9.17) is 0 Å². The lowest BCUT2D eigenvalue weighted by Crippen LogP contribution is -2.33. The van der Waals surface area contributed by atoms with E-state index in [-0.39, 0.29) is 42.0 Å². The quantitative estimate of drug-likeness (QED) is 0.595. The number of hydrogen-bond donors (Lipinski definition) is 1. The van der Waals surface area contributed by atoms with Crippen molar-refractivity contribution in [2.24, 2.45) is 0 Å². The lowest BCUT2D eigenvalue weighted by molar-refractivity contribution is -0.141. The molecule has 0 spiro atoms. The van der Waals surface area contributed by atoms with E-state index < -0.39 is 40.9 Å². The van der Waals surface area contributed by atoms with E-state index in [0.29, 0.717) is 6.07 Å². The Bertz CT molecular complexity index is 1200. The summed E-state index contributed by atoms with van der Waals surface area (Å²) in [6.45, 7) is 0.121. The number of aromatic nitrogens is 3. The van der Waals surface area contributed by atoms with Gasteiger partial charge in [0.05, 0.1) is 22.5 Å². The molecule has 0 atom stereocenters. The van der Waals surface area contributed by atoms with Gasteiger partial charge in [-0.05, 0) is 35.9 Å². The average molecular weight is 458 g/mol. The molecule has 0 bridgehead atoms. The molecule has 0 unspecified atom stereocenters. The first-order valence-corrected chi connectivity index (χ1v) is 9.23. The fourth-order valence-corrected chi connectivity index (χ4v) is 3.54. The van der Waals surface area contributed by atoms with Gasteiger partial charge in [0.1, 0.15) is 5.82 Å². The maximum atomic E-state index is 13.7. The Morgan fingerprint density at radius 1 is 1.03 bits per heavy atom. The number of hydrogen-bond acceptors (Lipinski definition) is 3. The third-order valence-electron chi connectivity index (χ3n) is 4.84. The number of amides is 1. The van der Waals surface area contributed by atoms with E-state index in [1.165, 1.54) is 18.3 Å². The summed E-state index contributed by atoms with van der Waals surface area (Å²) in [6.07, 6.45) is -8.46. The molecule has 2 aromatic heterocycles. The van der Waals surface area contributed by atoms with Crippen molar-refractivity contribution < 1.29 is 35.5 Å². The van der Waals surface area contributed by atoms with Crippen LogP contribution in [-0.4, -0.2) is 27.2 Å². The molecule has 1 aliphatic heterocycles. The largest absolute Gasteiger partial charge is 0.435 e. The number of rotatable bonds is 3. The lowest BCUT2D eigenvalue weighted by atomic mass is 10.0. The fraction of sp³-hybridized carbons (Fsp3) is 0.250. The Morgan fingerprint density at radius 2 is 1.78 bits per heavy atom. The first kappa shape index (κ1) is 21.8. The third-order valence-corrected chi connectivity index (χ3v) is 4.84. The van der Waals surface area contributed by atoms with Crippen molar-refractivity contribution in [3.63, 3.8) is 0 Å². The van der Waals surface area contributed by atoms with Crippen molar-refractivity contribution in [1.82, 2.24) is 20.1 Å². The smallest absolute Gasteiger partial charge is 0.352 e. The molecule has 168 valence electrons. The summed E-state index contributed by atoms with van der Waals surface area (Å²) in [7, 11) is 0. The number of nitrogens with one attached hydrogen (secondary N) is 1. The molecule has 1 aliphatic rings. The highest BCUT2D eigenvalue weighted by Gasteiger charge is 2.42. The molecule has 1 aromatic carbocycles. The van der Waals surface area contributed by atoms with Crippen LogP contribution in [0.3, 0.4) is 0 Å². The van der Waals surface area contributed by atoms with Crippen LogP contribution in [0.1, 0.15) is 38.6 Å². The van der Waals surface area contributed by atoms with Crippen LogP contribution in [0.25, 0.3) is 5.69 Å². The van der Waals surface area contributed by atoms with Crippen molar-refractivity contribution in [2.45, 2.75) is 25.2 Å². The minimum Gasteiger partial charge on any atom is -0.352 e. The topological polar surface area (TPSA) is 59.8 Å². The molecule has 5 nitrogen and oxygen atoms in total. The zero-order valence-electron chi connectivity index (χ0n) is 16.0. The number of benzene rings is 1. The van der Waals surface area contributed by atoms with Gasteiger partial charge in [0, 0.05) is 31.3 Å². The molecule has 12 heteroatoms. The summed E-state index contributed by atoms with van der Waals surface area (Å²) >= 11 is 0. The van der Waals surface area contributed by atoms with Crippen LogP contribution in [0.2, 0.25) is 0 Å². The van der Waals surface area contributed by atoms with Gasteiger partial charge in [-0.1, -0.05) is 0 Å². The number of carbonyl (C=O) groups is 1. The van der Waals surface area contributed by atoms with Crippen LogP contribution in [0.15, 0.2) is 36.5 Å². The molecule has 3 aromatic rings. The van der Waals surface area contributed by atoms with Crippen molar-refractivity contribution in [1.29, 1.82) is 0 Å². The summed E-state index contributed by atoms with van der Waals surface area (Å²) in [4.78, 5) is 16.1. The number of nitrogens with zero attached hydrogens (tertiary/aromatic N) is 3. The SMILES string of the molecule is O=C1NCCc2c1c(C(F)(F)F)nn2-c1ccnc(Cc2cc(F)cc(C(F)(F)F)c2)c1. The molecule has 1 N–H and O–H groups in total. The second kappa shape index (κ2) is 7.61. The van der Waals surface area contributed by atoms with Gasteiger partial charge in [-0.2, -0.15) is 31.4 Å². The van der Waals surface area contributed by atoms with E-state index in [1.807, 2.05) is 0 Å². The third kappa shape index (κ3) is 4.16. The first-order chi connectivity index (χ1) is 14.9. The summed E-state index contributed by atoms with van der Waals surface area (Å²) in [5.41, 5.74) is -2.69. The van der Waals surface area contributed by atoms with Gasteiger partial charge in [-0.3, -0.25) is 9.78 Å². The molecule has 0 radical (unpaired) electrons. The summed E-state index contributed by atoms with van der Waals surface area (Å²) in [6, 6.07) is 4.76. The zero-order valence-corrected chi connectivity index (χ0v) is 16.0. The Balaban J connectivity index is 1.74. The second-order valence-corrected chi connectivity index (χ2v) is 7.11. The summed E-state index contributed by atoms with van der Waals surface area (Å²) < 4.78 is 93.7. The van der Waals surface area contributed by atoms with Gasteiger partial charge in [0.2, 0.25) is 0 Å². The van der Waals surface area contributed by atoms with Crippen LogP contribution in [-0.2, 0) is 25.2 Å². The Labute approximate surface area is 175 Å². The molecule has 3 heterocycles. The normalized spacial score (nSPS) is 14.3. The molecule has 0 saturated carbocycles. The Hall–Kier alpha value is -3.44. The number of alkyl halides is 6. The minimum atomic E-state index is -4.87. The van der Waals surface area contributed by atoms with Gasteiger partial charge in [0.15, 0.2) is 5.69 Å². The van der Waals surface area contributed by atoms with E-state index >= 15 is 0 Å². The highest BCUT2D eigenvalue weighted by atomic mass is 19.4. The number of pyridine rings is 1. The van der Waals surface area contributed by atoms with Crippen molar-refractivity contribution in [3.05, 3.63) is 76.1 Å². The molecule has 0 aliphatic carbocycles. The van der Waals surface area contributed by atoms with Crippen LogP contribution in [0, 0.1) is 5.82 Å². The van der Waals surface area contributed by atoms with Crippen LogP contribution < -0.4 is 5.32 Å². The first-order valence-electron chi connectivity index (χ1n) is 9.23. The number of halogens is 7. The van der Waals surface area contributed by atoms with Gasteiger partial charge in [-0.25, -0.2) is 9.07 Å². The zero-order chi connectivity index (χ0) is 23.3. The standard InChI is InChI=1S/C20H13F7N4O/c21-12-6-10(5-11(8-12)19(22,23)24)7-13-9-14(1-3-28-13)31-15-2-4-29-18(32)16(15)17(30-31)20(25,26)27/h1,3,5-6,8-9H,2,4,7H2,(H,29,32). The average Bonchev–Trinajstić information content (AvgIpc) is 3.09. The number of fused-ring (bicyclic) bond motifs is 1. The van der Waals surface area contributed by atoms with E-state index in [2.05, 4.69) is 15.4 Å². The van der Waals surface area contributed by atoms with Crippen molar-refractivity contribution in [2.75, 3.05) is 6.54 Å². The van der Waals surface area contributed by atoms with E-state index in [0.717, 1.165) is 16.8 Å². The predicted molar refractivity (Wildman–Crippen MR) is 96.6 cm³/mol. The van der Waals surface area contributed by atoms with Crippen LogP contribution in [0.4, 0.5) is 30.7 Å². The summed E-state index contributed by atoms with van der Waals surface area (Å²) in [5, 5.41) is 5.94. The Kier molecular flexibility index (Phi) is 5.18. The maximum Gasteiger partial charge on any atom is 0.435 e. The van der Waals surface area contributed by atoms with E-state index in [1.54, 1.807) is 0 Å². The highest BCUT2D eigenvalue weighted by molar-refractivity contribution is 5.97. The lowest BCUT2D eigenvalue weighted by Gasteiger charge is -2.16. The van der Waals surface area contributed by atoms with Crippen LogP contribution in [0.5, 0.6) is 0 Å². The summed E-state index contributed by atoms with van der Waals surface area (Å²) in [5.74, 6) is -1.97. The molecule has 32 heavy (non-hydrogen) atoms. The van der Waals surface area contributed by atoms with Gasteiger partial charge in [-0.15, -0.1) is 0 Å². The molecule has 0 saturated heterocycles.